The van der Waals surface area contributed by atoms with E-state index in [1.54, 1.807) is 0 Å². The molecule has 1 aromatic carbocycles. The van der Waals surface area contributed by atoms with E-state index in [1.165, 1.54) is 69.8 Å². The highest BCUT2D eigenvalue weighted by Gasteiger charge is 2.25. The molecule has 0 spiro atoms. The second-order valence-corrected chi connectivity index (χ2v) is 7.13. The summed E-state index contributed by atoms with van der Waals surface area (Å²) in [6.45, 7) is 7.01. The number of unbranched alkanes of at least 4 members (excludes halogenated alkanes) is 6. The molecule has 0 fully saturated rings. The Balaban J connectivity index is 2.65. The summed E-state index contributed by atoms with van der Waals surface area (Å²) in [5.41, 5.74) is 1.80. The maximum Gasteiger partial charge on any atom is 0.0406 e. The van der Waals surface area contributed by atoms with Gasteiger partial charge in [0, 0.05) is 5.02 Å². The summed E-state index contributed by atoms with van der Waals surface area (Å²) in [6, 6.07) is 8.57. The number of rotatable bonds is 11. The summed E-state index contributed by atoms with van der Waals surface area (Å²) in [5, 5.41) is 0.845. The van der Waals surface area contributed by atoms with Crippen LogP contribution in [0.5, 0.6) is 0 Å². The maximum absolute atomic E-state index is 6.05. The molecule has 1 heteroatoms. The highest BCUT2D eigenvalue weighted by molar-refractivity contribution is 6.30. The van der Waals surface area contributed by atoms with Crippen LogP contribution < -0.4 is 0 Å². The fraction of sp³-hybridized carbons (Fsp3) is 0.700. The number of benzene rings is 1. The molecule has 0 aliphatic carbocycles. The van der Waals surface area contributed by atoms with Gasteiger partial charge in [-0.1, -0.05) is 95.9 Å². The minimum atomic E-state index is 0.325. The fourth-order valence-electron chi connectivity index (χ4n) is 3.15. The second kappa shape index (κ2) is 10.3. The van der Waals surface area contributed by atoms with E-state index in [0.29, 0.717) is 5.41 Å². The fourth-order valence-corrected chi connectivity index (χ4v) is 3.28. The highest BCUT2D eigenvalue weighted by Crippen LogP contribution is 2.36. The van der Waals surface area contributed by atoms with Crippen molar-refractivity contribution in [3.8, 4) is 0 Å². The monoisotopic (exact) mass is 308 g/mol. The minimum absolute atomic E-state index is 0.325. The molecule has 0 aliphatic heterocycles. The van der Waals surface area contributed by atoms with Gasteiger partial charge in [-0.05, 0) is 36.0 Å². The van der Waals surface area contributed by atoms with Crippen molar-refractivity contribution in [3.05, 3.63) is 34.9 Å². The van der Waals surface area contributed by atoms with E-state index in [2.05, 4.69) is 32.9 Å². The zero-order chi connectivity index (χ0) is 15.6. The molecule has 1 rings (SSSR count). The van der Waals surface area contributed by atoms with Crippen molar-refractivity contribution in [2.45, 2.75) is 90.4 Å². The molecule has 21 heavy (non-hydrogen) atoms. The van der Waals surface area contributed by atoms with Gasteiger partial charge in [0.05, 0.1) is 0 Å². The topological polar surface area (TPSA) is 0 Å². The molecule has 0 radical (unpaired) electrons. The molecule has 120 valence electrons. The Kier molecular flexibility index (Phi) is 9.08. The molecule has 0 saturated carbocycles. The van der Waals surface area contributed by atoms with Crippen molar-refractivity contribution in [1.29, 1.82) is 0 Å². The predicted octanol–water partition coefficient (Wildman–Crippen LogP) is 7.54. The van der Waals surface area contributed by atoms with Crippen LogP contribution in [0.25, 0.3) is 0 Å². The molecule has 0 unspecified atom stereocenters. The third-order valence-corrected chi connectivity index (χ3v) is 4.96. The van der Waals surface area contributed by atoms with E-state index < -0.39 is 0 Å². The van der Waals surface area contributed by atoms with Crippen molar-refractivity contribution < 1.29 is 0 Å². The summed E-state index contributed by atoms with van der Waals surface area (Å²) in [5.74, 6) is 0. The van der Waals surface area contributed by atoms with Gasteiger partial charge < -0.3 is 0 Å². The first-order valence-corrected chi connectivity index (χ1v) is 9.26. The molecule has 0 aliphatic rings. The van der Waals surface area contributed by atoms with E-state index in [0.717, 1.165) is 5.02 Å². The summed E-state index contributed by atoms with van der Waals surface area (Å²) in [4.78, 5) is 0. The van der Waals surface area contributed by atoms with Gasteiger partial charge in [-0.3, -0.25) is 0 Å². The van der Waals surface area contributed by atoms with Crippen molar-refractivity contribution >= 4 is 11.6 Å². The van der Waals surface area contributed by atoms with Gasteiger partial charge in [0.2, 0.25) is 0 Å². The van der Waals surface area contributed by atoms with E-state index in [-0.39, 0.29) is 0 Å². The van der Waals surface area contributed by atoms with Crippen LogP contribution >= 0.6 is 11.6 Å². The van der Waals surface area contributed by atoms with Gasteiger partial charge in [-0.25, -0.2) is 0 Å². The van der Waals surface area contributed by atoms with Crippen molar-refractivity contribution in [3.63, 3.8) is 0 Å². The molecule has 0 heterocycles. The van der Waals surface area contributed by atoms with E-state index in [1.807, 2.05) is 12.1 Å². The molecule has 0 bridgehead atoms. The maximum atomic E-state index is 6.05. The lowest BCUT2D eigenvalue weighted by Gasteiger charge is -2.31. The van der Waals surface area contributed by atoms with Gasteiger partial charge in [0.15, 0.2) is 0 Å². The quantitative estimate of drug-likeness (QED) is 0.370. The SMILES string of the molecule is CCCCCCC(C)(CCCCCC)c1ccc(Cl)cc1. The van der Waals surface area contributed by atoms with Crippen LogP contribution in [0.1, 0.15) is 90.5 Å². The van der Waals surface area contributed by atoms with Crippen LogP contribution in [-0.2, 0) is 5.41 Å². The van der Waals surface area contributed by atoms with Crippen LogP contribution in [-0.4, -0.2) is 0 Å². The third kappa shape index (κ3) is 6.87. The summed E-state index contributed by atoms with van der Waals surface area (Å²) < 4.78 is 0. The normalized spacial score (nSPS) is 11.8. The molecule has 0 nitrogen and oxygen atoms in total. The van der Waals surface area contributed by atoms with Gasteiger partial charge >= 0.3 is 0 Å². The highest BCUT2D eigenvalue weighted by atomic mass is 35.5. The Bertz CT molecular complexity index is 354. The van der Waals surface area contributed by atoms with E-state index >= 15 is 0 Å². The molecular weight excluding hydrogens is 276 g/mol. The van der Waals surface area contributed by atoms with Crippen LogP contribution in [0.2, 0.25) is 5.02 Å². The van der Waals surface area contributed by atoms with E-state index in [4.69, 9.17) is 11.6 Å². The second-order valence-electron chi connectivity index (χ2n) is 6.69. The van der Waals surface area contributed by atoms with Crippen LogP contribution in [0.3, 0.4) is 0 Å². The van der Waals surface area contributed by atoms with Crippen molar-refractivity contribution in [2.24, 2.45) is 0 Å². The first-order valence-electron chi connectivity index (χ1n) is 8.88. The zero-order valence-corrected chi connectivity index (χ0v) is 15.0. The van der Waals surface area contributed by atoms with Gasteiger partial charge in [-0.2, -0.15) is 0 Å². The van der Waals surface area contributed by atoms with E-state index in [9.17, 15) is 0 Å². The van der Waals surface area contributed by atoms with Crippen LogP contribution in [0.4, 0.5) is 0 Å². The molecule has 0 saturated heterocycles. The lowest BCUT2D eigenvalue weighted by molar-refractivity contribution is 0.364. The number of hydrogen-bond acceptors (Lipinski definition) is 0. The average Bonchev–Trinajstić information content (AvgIpc) is 2.49. The Morgan fingerprint density at radius 2 is 1.24 bits per heavy atom. The van der Waals surface area contributed by atoms with Gasteiger partial charge in [-0.15, -0.1) is 0 Å². The Labute approximate surface area is 137 Å². The Morgan fingerprint density at radius 3 is 1.67 bits per heavy atom. The summed E-state index contributed by atoms with van der Waals surface area (Å²) in [7, 11) is 0. The van der Waals surface area contributed by atoms with Crippen LogP contribution in [0, 0.1) is 0 Å². The Hall–Kier alpha value is -0.490. The molecule has 0 aromatic heterocycles. The first kappa shape index (κ1) is 18.6. The number of halogens is 1. The lowest BCUT2D eigenvalue weighted by atomic mass is 9.74. The average molecular weight is 309 g/mol. The third-order valence-electron chi connectivity index (χ3n) is 4.71. The molecular formula is C20H33Cl. The smallest absolute Gasteiger partial charge is 0.0406 e. The summed E-state index contributed by atoms with van der Waals surface area (Å²) in [6.07, 6.45) is 13.4. The first-order chi connectivity index (χ1) is 10.1. The molecule has 1 aromatic rings. The molecule has 0 amide bonds. The minimum Gasteiger partial charge on any atom is -0.0843 e. The largest absolute Gasteiger partial charge is 0.0843 e. The Morgan fingerprint density at radius 1 is 0.762 bits per heavy atom. The number of hydrogen-bond donors (Lipinski definition) is 0. The van der Waals surface area contributed by atoms with Crippen molar-refractivity contribution in [1.82, 2.24) is 0 Å². The predicted molar refractivity (Wildman–Crippen MR) is 96.3 cm³/mol. The van der Waals surface area contributed by atoms with Gasteiger partial charge in [0.25, 0.3) is 0 Å². The molecule has 0 N–H and O–H groups in total. The van der Waals surface area contributed by atoms with Crippen LogP contribution in [0.15, 0.2) is 24.3 Å². The summed E-state index contributed by atoms with van der Waals surface area (Å²) >= 11 is 6.05. The zero-order valence-electron chi connectivity index (χ0n) is 14.3. The molecule has 0 atom stereocenters. The lowest BCUT2D eigenvalue weighted by Crippen LogP contribution is -2.22. The standard InChI is InChI=1S/C20H33Cl/c1-4-6-8-10-16-20(3,17-11-9-7-5-2)18-12-14-19(21)15-13-18/h12-15H,4-11,16-17H2,1-3H3. The van der Waals surface area contributed by atoms with Gasteiger partial charge in [0.1, 0.15) is 0 Å². The van der Waals surface area contributed by atoms with Crippen molar-refractivity contribution in [2.75, 3.05) is 0 Å².